The smallest absolute Gasteiger partial charge is 0.127 e. The molecule has 1 heterocycles. The van der Waals surface area contributed by atoms with Crippen LogP contribution in [0, 0.1) is 0 Å². The van der Waals surface area contributed by atoms with Gasteiger partial charge in [0.15, 0.2) is 0 Å². The lowest BCUT2D eigenvalue weighted by Crippen LogP contribution is -2.28. The van der Waals surface area contributed by atoms with E-state index >= 15 is 0 Å². The van der Waals surface area contributed by atoms with E-state index in [9.17, 15) is 0 Å². The van der Waals surface area contributed by atoms with Crippen LogP contribution < -0.4 is 20.7 Å². The van der Waals surface area contributed by atoms with Crippen molar-refractivity contribution in [3.05, 3.63) is 47.4 Å². The van der Waals surface area contributed by atoms with Gasteiger partial charge in [-0.05, 0) is 24.3 Å². The summed E-state index contributed by atoms with van der Waals surface area (Å²) >= 11 is 0. The monoisotopic (exact) mass is 276 g/mol. The number of furan rings is 1. The fourth-order valence-electron chi connectivity index (χ4n) is 2.12. The number of hydrogen-bond donors (Lipinski definition) is 2. The molecule has 0 bridgehead atoms. The summed E-state index contributed by atoms with van der Waals surface area (Å²) in [5.41, 5.74) is 3.67. The quantitative estimate of drug-likeness (QED) is 0.626. The van der Waals surface area contributed by atoms with Gasteiger partial charge in [-0.25, -0.2) is 5.43 Å². The second-order valence-electron chi connectivity index (χ2n) is 4.37. The van der Waals surface area contributed by atoms with Crippen molar-refractivity contribution in [2.24, 2.45) is 5.84 Å². The van der Waals surface area contributed by atoms with Crippen LogP contribution in [0.1, 0.15) is 30.0 Å². The van der Waals surface area contributed by atoms with Crippen molar-refractivity contribution in [1.82, 2.24) is 5.43 Å². The third kappa shape index (κ3) is 2.79. The number of rotatable bonds is 6. The van der Waals surface area contributed by atoms with E-state index in [1.807, 2.05) is 37.3 Å². The van der Waals surface area contributed by atoms with Crippen LogP contribution in [0.5, 0.6) is 11.5 Å². The van der Waals surface area contributed by atoms with Crippen molar-refractivity contribution in [2.75, 3.05) is 14.2 Å². The maximum absolute atomic E-state index is 5.77. The van der Waals surface area contributed by atoms with Crippen molar-refractivity contribution in [3.63, 3.8) is 0 Å². The molecule has 0 saturated carbocycles. The highest BCUT2D eigenvalue weighted by atomic mass is 16.5. The average molecular weight is 276 g/mol. The van der Waals surface area contributed by atoms with E-state index in [1.165, 1.54) is 0 Å². The van der Waals surface area contributed by atoms with E-state index in [0.717, 1.165) is 29.3 Å². The first-order chi connectivity index (χ1) is 9.73. The first-order valence-electron chi connectivity index (χ1n) is 6.50. The molecule has 0 aliphatic heterocycles. The van der Waals surface area contributed by atoms with Crippen LogP contribution in [0.4, 0.5) is 0 Å². The predicted molar refractivity (Wildman–Crippen MR) is 76.8 cm³/mol. The number of nitrogens with one attached hydrogen (secondary N) is 1. The lowest BCUT2D eigenvalue weighted by atomic mass is 10.0. The van der Waals surface area contributed by atoms with Gasteiger partial charge in [-0.1, -0.05) is 6.92 Å². The molecule has 0 saturated heterocycles. The maximum Gasteiger partial charge on any atom is 0.127 e. The second-order valence-corrected chi connectivity index (χ2v) is 4.37. The molecule has 108 valence electrons. The van der Waals surface area contributed by atoms with Gasteiger partial charge in [-0.15, -0.1) is 0 Å². The van der Waals surface area contributed by atoms with Crippen molar-refractivity contribution >= 4 is 0 Å². The fraction of sp³-hybridized carbons (Fsp3) is 0.333. The topological polar surface area (TPSA) is 69.7 Å². The lowest BCUT2D eigenvalue weighted by molar-refractivity contribution is 0.378. The molecular weight excluding hydrogens is 256 g/mol. The Bertz CT molecular complexity index is 566. The SMILES string of the molecule is CCc1ccc(C(NN)c2ccc(OC)cc2OC)o1. The standard InChI is InChI=1S/C15H20N2O3/c1-4-10-6-8-13(20-10)15(17-16)12-7-5-11(18-2)9-14(12)19-3/h5-9,15,17H,4,16H2,1-3H3. The molecule has 0 radical (unpaired) electrons. The van der Waals surface area contributed by atoms with E-state index in [2.05, 4.69) is 5.43 Å². The van der Waals surface area contributed by atoms with Crippen LogP contribution in [0.2, 0.25) is 0 Å². The molecule has 1 aromatic carbocycles. The minimum absolute atomic E-state index is 0.267. The first kappa shape index (κ1) is 14.4. The van der Waals surface area contributed by atoms with Crippen LogP contribution in [-0.4, -0.2) is 14.2 Å². The number of methoxy groups -OCH3 is 2. The van der Waals surface area contributed by atoms with E-state index in [4.69, 9.17) is 19.7 Å². The number of ether oxygens (including phenoxy) is 2. The highest BCUT2D eigenvalue weighted by Crippen LogP contribution is 2.33. The average Bonchev–Trinajstić information content (AvgIpc) is 2.97. The lowest BCUT2D eigenvalue weighted by Gasteiger charge is -2.18. The number of nitrogens with two attached hydrogens (primary N) is 1. The summed E-state index contributed by atoms with van der Waals surface area (Å²) in [6, 6.07) is 9.21. The molecule has 1 atom stereocenters. The zero-order valence-electron chi connectivity index (χ0n) is 12.0. The highest BCUT2D eigenvalue weighted by molar-refractivity contribution is 5.44. The van der Waals surface area contributed by atoms with Gasteiger partial charge in [-0.2, -0.15) is 0 Å². The Labute approximate surface area is 118 Å². The summed E-state index contributed by atoms with van der Waals surface area (Å²) in [5.74, 6) is 8.79. The van der Waals surface area contributed by atoms with Crippen LogP contribution in [0.15, 0.2) is 34.7 Å². The normalized spacial score (nSPS) is 12.2. The minimum atomic E-state index is -0.267. The van der Waals surface area contributed by atoms with Gasteiger partial charge in [0.05, 0.1) is 14.2 Å². The number of benzene rings is 1. The molecule has 2 rings (SSSR count). The molecule has 2 aromatic rings. The maximum atomic E-state index is 5.77. The minimum Gasteiger partial charge on any atom is -0.497 e. The van der Waals surface area contributed by atoms with E-state index in [1.54, 1.807) is 14.2 Å². The van der Waals surface area contributed by atoms with E-state index in [0.29, 0.717) is 5.75 Å². The Balaban J connectivity index is 2.40. The van der Waals surface area contributed by atoms with Crippen LogP contribution >= 0.6 is 0 Å². The summed E-state index contributed by atoms with van der Waals surface area (Å²) in [5, 5.41) is 0. The van der Waals surface area contributed by atoms with E-state index < -0.39 is 0 Å². The zero-order chi connectivity index (χ0) is 14.5. The van der Waals surface area contributed by atoms with Gasteiger partial charge >= 0.3 is 0 Å². The van der Waals surface area contributed by atoms with Crippen LogP contribution in [0.3, 0.4) is 0 Å². The Kier molecular flexibility index (Phi) is 4.65. The Morgan fingerprint density at radius 1 is 1.20 bits per heavy atom. The molecule has 1 aromatic heterocycles. The summed E-state index contributed by atoms with van der Waals surface area (Å²) in [7, 11) is 3.23. The highest BCUT2D eigenvalue weighted by Gasteiger charge is 2.20. The summed E-state index contributed by atoms with van der Waals surface area (Å²) in [4.78, 5) is 0. The Hall–Kier alpha value is -1.98. The molecule has 0 aliphatic carbocycles. The predicted octanol–water partition coefficient (Wildman–Crippen LogP) is 2.41. The van der Waals surface area contributed by atoms with Gasteiger partial charge in [0.1, 0.15) is 29.1 Å². The first-order valence-corrected chi connectivity index (χ1v) is 6.50. The van der Waals surface area contributed by atoms with Gasteiger partial charge < -0.3 is 13.9 Å². The number of aryl methyl sites for hydroxylation is 1. The molecule has 20 heavy (non-hydrogen) atoms. The van der Waals surface area contributed by atoms with E-state index in [-0.39, 0.29) is 6.04 Å². The molecule has 0 fully saturated rings. The van der Waals surface area contributed by atoms with Gasteiger partial charge in [-0.3, -0.25) is 5.84 Å². The summed E-state index contributed by atoms with van der Waals surface area (Å²) in [6.45, 7) is 2.04. The molecule has 0 aliphatic rings. The third-order valence-electron chi connectivity index (χ3n) is 3.23. The van der Waals surface area contributed by atoms with Crippen LogP contribution in [-0.2, 0) is 6.42 Å². The molecule has 0 spiro atoms. The molecule has 0 amide bonds. The number of hydrazine groups is 1. The van der Waals surface area contributed by atoms with Gasteiger partial charge in [0.25, 0.3) is 0 Å². The summed E-state index contributed by atoms with van der Waals surface area (Å²) < 4.78 is 16.4. The van der Waals surface area contributed by atoms with Gasteiger partial charge in [0, 0.05) is 18.1 Å². The van der Waals surface area contributed by atoms with Crippen molar-refractivity contribution in [1.29, 1.82) is 0 Å². The fourth-order valence-corrected chi connectivity index (χ4v) is 2.12. The Morgan fingerprint density at radius 3 is 2.55 bits per heavy atom. The van der Waals surface area contributed by atoms with Crippen molar-refractivity contribution < 1.29 is 13.9 Å². The second kappa shape index (κ2) is 6.45. The van der Waals surface area contributed by atoms with Crippen LogP contribution in [0.25, 0.3) is 0 Å². The molecule has 5 nitrogen and oxygen atoms in total. The molecule has 3 N–H and O–H groups in total. The number of hydrogen-bond acceptors (Lipinski definition) is 5. The molecular formula is C15H20N2O3. The summed E-state index contributed by atoms with van der Waals surface area (Å²) in [6.07, 6.45) is 0.844. The van der Waals surface area contributed by atoms with Crippen molar-refractivity contribution in [2.45, 2.75) is 19.4 Å². The third-order valence-corrected chi connectivity index (χ3v) is 3.23. The largest absolute Gasteiger partial charge is 0.497 e. The van der Waals surface area contributed by atoms with Gasteiger partial charge in [0.2, 0.25) is 0 Å². The zero-order valence-corrected chi connectivity index (χ0v) is 12.0. The molecule has 5 heteroatoms. The molecule has 1 unspecified atom stereocenters. The van der Waals surface area contributed by atoms with Crippen molar-refractivity contribution in [3.8, 4) is 11.5 Å². The Morgan fingerprint density at radius 2 is 2.00 bits per heavy atom.